The summed E-state index contributed by atoms with van der Waals surface area (Å²) >= 11 is 0. The predicted octanol–water partition coefficient (Wildman–Crippen LogP) is 1.94. The molecule has 0 rings (SSSR count). The second kappa shape index (κ2) is 11.9. The maximum Gasteiger partial charge on any atom is 0.109 e. The van der Waals surface area contributed by atoms with E-state index in [1.54, 1.807) is 0 Å². The molecule has 0 heterocycles. The van der Waals surface area contributed by atoms with Crippen molar-refractivity contribution in [2.24, 2.45) is 0 Å². The molecule has 0 fully saturated rings. The summed E-state index contributed by atoms with van der Waals surface area (Å²) in [4.78, 5) is 0. The van der Waals surface area contributed by atoms with Gasteiger partial charge in [0.2, 0.25) is 0 Å². The molecule has 0 saturated carbocycles. The Hall–Kier alpha value is 0.130. The zero-order valence-electron chi connectivity index (χ0n) is 6.82. The molecule has 1 radical (unpaired) electrons. The molecule has 0 aliphatic carbocycles. The molecule has 0 aromatic rings. The summed E-state index contributed by atoms with van der Waals surface area (Å²) in [6.07, 6.45) is 8.09. The summed E-state index contributed by atoms with van der Waals surface area (Å²) in [5.74, 6) is 0. The number of hydrogen-bond donors (Lipinski definition) is 0. The normalized spacial score (nSPS) is 8.60. The molecule has 0 saturated heterocycles. The van der Waals surface area contributed by atoms with Gasteiger partial charge in [0.25, 0.3) is 0 Å². The number of hydrogen-bond acceptors (Lipinski definition) is 0. The van der Waals surface area contributed by atoms with E-state index < -0.39 is 0 Å². The predicted molar refractivity (Wildman–Crippen MR) is 55.1 cm³/mol. The molecule has 10 heavy (non-hydrogen) atoms. The average Bonchev–Trinajstić information content (AvgIpc) is 1.89. The lowest BCUT2D eigenvalue weighted by Gasteiger charge is -1.94. The van der Waals surface area contributed by atoms with E-state index >= 15 is 0 Å². The zero-order valence-corrected chi connectivity index (χ0v) is 6.82. The van der Waals surface area contributed by atoms with Gasteiger partial charge in [-0.1, -0.05) is 52.2 Å². The van der Waals surface area contributed by atoms with Crippen LogP contribution in [0.4, 0.5) is 0 Å². The van der Waals surface area contributed by atoms with Gasteiger partial charge in [-0.25, -0.2) is 0 Å². The zero-order chi connectivity index (χ0) is 6.95. The van der Waals surface area contributed by atoms with Gasteiger partial charge >= 0.3 is 0 Å². The van der Waals surface area contributed by atoms with Crippen LogP contribution in [0, 0.1) is 0 Å². The molecule has 0 unspecified atom stereocenters. The van der Waals surface area contributed by atoms with Gasteiger partial charge in [-0.15, -0.1) is 0 Å². The molecule has 0 bridgehead atoms. The van der Waals surface area contributed by atoms with E-state index in [0.717, 1.165) is 0 Å². The highest BCUT2D eigenvalue weighted by atomic mass is 13.8. The molecule has 0 N–H and O–H groups in total. The van der Waals surface area contributed by atoms with Crippen molar-refractivity contribution < 1.29 is 0 Å². The first kappa shape index (κ1) is 12.8. The highest BCUT2D eigenvalue weighted by molar-refractivity contribution is 6.35. The minimum Gasteiger partial charge on any atom is -0.0803 e. The smallest absolute Gasteiger partial charge is 0.0803 e. The fourth-order valence-corrected chi connectivity index (χ4v) is 0.841. The first-order chi connectivity index (χ1) is 4.41. The molecule has 0 atom stereocenters. The van der Waals surface area contributed by atoms with Gasteiger partial charge in [0.05, 0.1) is 8.41 Å². The first-order valence-corrected chi connectivity index (χ1v) is 4.23. The SMILES string of the molecule is B.CCCC[B]CCCC. The van der Waals surface area contributed by atoms with Crippen LogP contribution >= 0.6 is 0 Å². The van der Waals surface area contributed by atoms with Gasteiger partial charge in [0.15, 0.2) is 0 Å². The van der Waals surface area contributed by atoms with Crippen molar-refractivity contribution in [1.82, 2.24) is 0 Å². The summed E-state index contributed by atoms with van der Waals surface area (Å²) in [5.41, 5.74) is 0. The topological polar surface area (TPSA) is 0 Å². The van der Waals surface area contributed by atoms with E-state index in [4.69, 9.17) is 0 Å². The van der Waals surface area contributed by atoms with Crippen LogP contribution in [0.2, 0.25) is 12.6 Å². The number of rotatable bonds is 6. The molecule has 0 amide bonds. The summed E-state index contributed by atoms with van der Waals surface area (Å²) in [5, 5.41) is 0. The molecular formula is C8H21B2. The Balaban J connectivity index is 0. The van der Waals surface area contributed by atoms with Crippen molar-refractivity contribution in [3.8, 4) is 0 Å². The fourth-order valence-electron chi connectivity index (χ4n) is 0.841. The minimum absolute atomic E-state index is 0. The maximum atomic E-state index is 2.42. The fraction of sp³-hybridized carbons (Fsp3) is 1.00. The van der Waals surface area contributed by atoms with Gasteiger partial charge in [0, 0.05) is 0 Å². The molecule has 0 spiro atoms. The van der Waals surface area contributed by atoms with Crippen molar-refractivity contribution in [1.29, 1.82) is 0 Å². The van der Waals surface area contributed by atoms with Crippen LogP contribution in [0.15, 0.2) is 0 Å². The van der Waals surface area contributed by atoms with Crippen LogP contribution in [0.5, 0.6) is 0 Å². The van der Waals surface area contributed by atoms with Gasteiger partial charge in [-0.3, -0.25) is 0 Å². The molecule has 0 aromatic heterocycles. The van der Waals surface area contributed by atoms with Crippen LogP contribution in [0.1, 0.15) is 39.5 Å². The highest BCUT2D eigenvalue weighted by Crippen LogP contribution is 1.99. The minimum atomic E-state index is 0. The third-order valence-corrected chi connectivity index (χ3v) is 1.52. The molecular weight excluding hydrogens is 118 g/mol. The van der Waals surface area contributed by atoms with Gasteiger partial charge in [-0.05, 0) is 0 Å². The van der Waals surface area contributed by atoms with Crippen molar-refractivity contribution >= 4 is 15.7 Å². The lowest BCUT2D eigenvalue weighted by molar-refractivity contribution is 0.851. The lowest BCUT2D eigenvalue weighted by atomic mass is 9.68. The summed E-state index contributed by atoms with van der Waals surface area (Å²) in [7, 11) is 2.42. The monoisotopic (exact) mass is 139 g/mol. The maximum absolute atomic E-state index is 2.42. The van der Waals surface area contributed by atoms with Crippen LogP contribution < -0.4 is 0 Å². The van der Waals surface area contributed by atoms with Crippen molar-refractivity contribution in [2.75, 3.05) is 0 Å². The Labute approximate surface area is 68.6 Å². The van der Waals surface area contributed by atoms with E-state index in [0.29, 0.717) is 0 Å². The third kappa shape index (κ3) is 11.0. The molecule has 0 aliphatic rings. The summed E-state index contributed by atoms with van der Waals surface area (Å²) < 4.78 is 0. The quantitative estimate of drug-likeness (QED) is 0.389. The van der Waals surface area contributed by atoms with Crippen molar-refractivity contribution in [3.63, 3.8) is 0 Å². The Morgan fingerprint density at radius 1 is 0.900 bits per heavy atom. The van der Waals surface area contributed by atoms with E-state index in [-0.39, 0.29) is 8.41 Å². The molecule has 0 aromatic carbocycles. The van der Waals surface area contributed by atoms with E-state index in [2.05, 4.69) is 21.1 Å². The summed E-state index contributed by atoms with van der Waals surface area (Å²) in [6, 6.07) is 0. The van der Waals surface area contributed by atoms with Crippen LogP contribution in [0.3, 0.4) is 0 Å². The second-order valence-electron chi connectivity index (χ2n) is 2.57. The van der Waals surface area contributed by atoms with Crippen molar-refractivity contribution in [2.45, 2.75) is 52.2 Å². The van der Waals surface area contributed by atoms with Gasteiger partial charge in [-0.2, -0.15) is 0 Å². The summed E-state index contributed by atoms with van der Waals surface area (Å²) in [6.45, 7) is 4.49. The second-order valence-corrected chi connectivity index (χ2v) is 2.57. The Kier molecular flexibility index (Phi) is 15.2. The Morgan fingerprint density at radius 2 is 1.30 bits per heavy atom. The lowest BCUT2D eigenvalue weighted by Crippen LogP contribution is -1.87. The highest BCUT2D eigenvalue weighted by Gasteiger charge is 1.88. The molecule has 0 nitrogen and oxygen atoms in total. The first-order valence-electron chi connectivity index (χ1n) is 4.23. The van der Waals surface area contributed by atoms with Crippen LogP contribution in [0.25, 0.3) is 0 Å². The van der Waals surface area contributed by atoms with E-state index in [1.807, 2.05) is 0 Å². The van der Waals surface area contributed by atoms with Gasteiger partial charge < -0.3 is 0 Å². The number of unbranched alkanes of at least 4 members (excludes halogenated alkanes) is 2. The molecule has 2 heteroatoms. The van der Waals surface area contributed by atoms with E-state index in [9.17, 15) is 0 Å². The third-order valence-electron chi connectivity index (χ3n) is 1.52. The Morgan fingerprint density at radius 3 is 1.60 bits per heavy atom. The molecule has 59 valence electrons. The van der Waals surface area contributed by atoms with E-state index in [1.165, 1.54) is 38.3 Å². The molecule has 0 aliphatic heterocycles. The average molecular weight is 139 g/mol. The largest absolute Gasteiger partial charge is 0.109 e. The van der Waals surface area contributed by atoms with Crippen LogP contribution in [-0.4, -0.2) is 15.7 Å². The van der Waals surface area contributed by atoms with Crippen molar-refractivity contribution in [3.05, 3.63) is 0 Å². The standard InChI is InChI=1S/C8H18B.BH3/c1-3-5-7-9-8-6-4-2;/h3-8H2,1-2H3;1H3. The van der Waals surface area contributed by atoms with Gasteiger partial charge in [0.1, 0.15) is 7.28 Å². The Bertz CT molecular complexity index is 40.5. The van der Waals surface area contributed by atoms with Crippen LogP contribution in [-0.2, 0) is 0 Å².